The van der Waals surface area contributed by atoms with Crippen LogP contribution in [0, 0.1) is 0 Å². The number of para-hydroxylation sites is 2. The summed E-state index contributed by atoms with van der Waals surface area (Å²) < 4.78 is 9.61. The van der Waals surface area contributed by atoms with Crippen molar-refractivity contribution in [1.82, 2.24) is 19.7 Å². The Bertz CT molecular complexity index is 1860. The van der Waals surface area contributed by atoms with Gasteiger partial charge in [-0.25, -0.2) is 4.79 Å². The summed E-state index contributed by atoms with van der Waals surface area (Å²) in [5.74, 6) is 0.553. The van der Waals surface area contributed by atoms with Crippen LogP contribution < -0.4 is 20.7 Å². The molecule has 0 saturated heterocycles. The van der Waals surface area contributed by atoms with E-state index in [2.05, 4.69) is 38.6 Å². The van der Waals surface area contributed by atoms with Gasteiger partial charge in [0.25, 0.3) is 5.91 Å². The van der Waals surface area contributed by atoms with Crippen LogP contribution in [-0.2, 0) is 33.0 Å². The number of nitrogens with zero attached hydrogens (tertiary/aromatic N) is 3. The molecule has 3 N–H and O–H groups in total. The molecule has 7 rings (SSSR count). The van der Waals surface area contributed by atoms with Crippen molar-refractivity contribution >= 4 is 45.1 Å². The van der Waals surface area contributed by atoms with Crippen LogP contribution in [0.25, 0.3) is 32.9 Å². The summed E-state index contributed by atoms with van der Waals surface area (Å²) in [6.07, 6.45) is 4.67. The predicted octanol–water partition coefficient (Wildman–Crippen LogP) is 5.60. The van der Waals surface area contributed by atoms with Crippen LogP contribution in [-0.4, -0.2) is 33.4 Å². The second-order valence-electron chi connectivity index (χ2n) is 10.4. The van der Waals surface area contributed by atoms with Crippen molar-refractivity contribution in [1.29, 1.82) is 0 Å². The number of methoxy groups -OCH3 is 1. The molecule has 202 valence electrons. The molecule has 1 aliphatic heterocycles. The highest BCUT2D eigenvalue weighted by Crippen LogP contribution is 2.47. The Kier molecular flexibility index (Phi) is 5.55. The third-order valence-corrected chi connectivity index (χ3v) is 8.00. The fourth-order valence-electron chi connectivity index (χ4n) is 6.48. The number of carbonyl (C=O) groups is 2. The molecule has 3 aromatic carbocycles. The summed E-state index contributed by atoms with van der Waals surface area (Å²) in [7, 11) is 3.51. The molecule has 0 bridgehead atoms. The first kappa shape index (κ1) is 24.3. The number of ether oxygens (including phenoxy) is 1. The van der Waals surface area contributed by atoms with Crippen LogP contribution in [0.5, 0.6) is 5.75 Å². The van der Waals surface area contributed by atoms with Gasteiger partial charge in [0, 0.05) is 59.4 Å². The Morgan fingerprint density at radius 3 is 2.77 bits per heavy atom. The second kappa shape index (κ2) is 9.15. The molecule has 5 aromatic rings. The number of amides is 3. The molecule has 0 fully saturated rings. The zero-order valence-corrected chi connectivity index (χ0v) is 22.7. The number of nitrogens with one attached hydrogen (secondary N) is 3. The summed E-state index contributed by atoms with van der Waals surface area (Å²) >= 11 is 0. The maximum atomic E-state index is 13.3. The smallest absolute Gasteiger partial charge is 0.323 e. The molecule has 1 aliphatic carbocycles. The third-order valence-electron chi connectivity index (χ3n) is 8.00. The van der Waals surface area contributed by atoms with Crippen molar-refractivity contribution in [2.24, 2.45) is 7.05 Å². The number of aromatic nitrogens is 3. The van der Waals surface area contributed by atoms with E-state index in [1.165, 1.54) is 11.1 Å². The molecular formula is C31H30N6O3. The van der Waals surface area contributed by atoms with Crippen molar-refractivity contribution in [2.45, 2.75) is 39.3 Å². The Morgan fingerprint density at radius 2 is 1.95 bits per heavy atom. The summed E-state index contributed by atoms with van der Waals surface area (Å²) in [6, 6.07) is 13.0. The first-order valence-corrected chi connectivity index (χ1v) is 13.6. The number of urea groups is 1. The molecule has 3 heterocycles. The van der Waals surface area contributed by atoms with Gasteiger partial charge in [0.1, 0.15) is 5.75 Å². The average Bonchev–Trinajstić information content (AvgIpc) is 3.62. The van der Waals surface area contributed by atoms with Gasteiger partial charge in [0.15, 0.2) is 0 Å². The lowest BCUT2D eigenvalue weighted by molar-refractivity contribution is 0.0966. The summed E-state index contributed by atoms with van der Waals surface area (Å²) in [5.41, 5.74) is 9.67. The number of rotatable bonds is 5. The number of benzene rings is 3. The van der Waals surface area contributed by atoms with E-state index in [4.69, 9.17) is 4.74 Å². The number of fused-ring (bicyclic) bond motifs is 10. The van der Waals surface area contributed by atoms with Gasteiger partial charge >= 0.3 is 6.03 Å². The minimum atomic E-state index is -0.357. The minimum Gasteiger partial charge on any atom is -0.495 e. The maximum absolute atomic E-state index is 13.3. The lowest BCUT2D eigenvalue weighted by Gasteiger charge is -2.21. The Morgan fingerprint density at radius 1 is 1.10 bits per heavy atom. The van der Waals surface area contributed by atoms with Crippen LogP contribution in [0.2, 0.25) is 0 Å². The fraction of sp³-hybridized carbons (Fsp3) is 0.258. The molecule has 0 spiro atoms. The van der Waals surface area contributed by atoms with Crippen molar-refractivity contribution in [3.05, 3.63) is 71.0 Å². The summed E-state index contributed by atoms with van der Waals surface area (Å²) in [6.45, 7) is 3.51. The topological polar surface area (TPSA) is 102 Å². The van der Waals surface area contributed by atoms with Crippen LogP contribution in [0.15, 0.2) is 48.7 Å². The van der Waals surface area contributed by atoms with Gasteiger partial charge in [-0.05, 0) is 60.7 Å². The number of hydrogen-bond acceptors (Lipinski definition) is 4. The van der Waals surface area contributed by atoms with E-state index in [-0.39, 0.29) is 11.9 Å². The lowest BCUT2D eigenvalue weighted by atomic mass is 9.82. The van der Waals surface area contributed by atoms with E-state index in [0.29, 0.717) is 23.7 Å². The monoisotopic (exact) mass is 534 g/mol. The lowest BCUT2D eigenvalue weighted by Crippen LogP contribution is -2.19. The number of aryl methyl sites for hydroxylation is 4. The maximum Gasteiger partial charge on any atom is 0.323 e. The Hall–Kier alpha value is -4.79. The Labute approximate surface area is 231 Å². The van der Waals surface area contributed by atoms with Crippen molar-refractivity contribution in [3.63, 3.8) is 0 Å². The minimum absolute atomic E-state index is 0.0355. The van der Waals surface area contributed by atoms with Gasteiger partial charge in [-0.1, -0.05) is 19.1 Å². The highest BCUT2D eigenvalue weighted by atomic mass is 16.5. The molecule has 0 unspecified atom stereocenters. The SMILES string of the molecule is CCCn1c2ccc(NC(=O)Nc3ccccc3OC)cc2c2c3c(c4c(c21)CCc1nn(C)cc1-4)C(=O)NC3. The fourth-order valence-corrected chi connectivity index (χ4v) is 6.48. The van der Waals surface area contributed by atoms with Crippen molar-refractivity contribution in [3.8, 4) is 16.9 Å². The predicted molar refractivity (Wildman–Crippen MR) is 156 cm³/mol. The van der Waals surface area contributed by atoms with Crippen molar-refractivity contribution in [2.75, 3.05) is 17.7 Å². The van der Waals surface area contributed by atoms with E-state index in [1.54, 1.807) is 19.2 Å². The van der Waals surface area contributed by atoms with Crippen LogP contribution >= 0.6 is 0 Å². The van der Waals surface area contributed by atoms with Gasteiger partial charge in [0.05, 0.1) is 29.6 Å². The molecule has 2 aromatic heterocycles. The average molecular weight is 535 g/mol. The van der Waals surface area contributed by atoms with E-state index in [0.717, 1.165) is 70.0 Å². The van der Waals surface area contributed by atoms with Crippen LogP contribution in [0.4, 0.5) is 16.2 Å². The van der Waals surface area contributed by atoms with E-state index < -0.39 is 0 Å². The molecule has 9 heteroatoms. The van der Waals surface area contributed by atoms with Gasteiger partial charge in [-0.2, -0.15) is 5.10 Å². The quantitative estimate of drug-likeness (QED) is 0.273. The van der Waals surface area contributed by atoms with Crippen LogP contribution in [0.3, 0.4) is 0 Å². The number of hydrogen-bond donors (Lipinski definition) is 3. The van der Waals surface area contributed by atoms with Gasteiger partial charge in [-0.3, -0.25) is 9.48 Å². The molecule has 0 saturated carbocycles. The molecular weight excluding hydrogens is 504 g/mol. The van der Waals surface area contributed by atoms with E-state index in [9.17, 15) is 9.59 Å². The zero-order chi connectivity index (χ0) is 27.5. The first-order valence-electron chi connectivity index (χ1n) is 13.6. The van der Waals surface area contributed by atoms with Gasteiger partial charge in [-0.15, -0.1) is 0 Å². The van der Waals surface area contributed by atoms with E-state index in [1.807, 2.05) is 42.2 Å². The third kappa shape index (κ3) is 3.57. The standard InChI is InChI=1S/C31H30N6O3/c1-4-13-37-24-12-9-17(33-31(39)34-23-7-5-6-8-25(23)40-3)14-19(24)27-20-15-32-30(38)28(20)26-18(29(27)37)10-11-22-21(26)16-36(2)35-22/h5-9,12,14,16H,4,10-11,13,15H2,1-3H3,(H,32,38)(H2,33,34,39). The molecule has 2 aliphatic rings. The number of anilines is 2. The van der Waals surface area contributed by atoms with Gasteiger partial charge in [0.2, 0.25) is 0 Å². The highest BCUT2D eigenvalue weighted by Gasteiger charge is 2.35. The molecule has 0 radical (unpaired) electrons. The first-order chi connectivity index (χ1) is 19.5. The molecule has 3 amide bonds. The largest absolute Gasteiger partial charge is 0.495 e. The summed E-state index contributed by atoms with van der Waals surface area (Å²) in [4.78, 5) is 26.2. The zero-order valence-electron chi connectivity index (χ0n) is 22.7. The summed E-state index contributed by atoms with van der Waals surface area (Å²) in [5, 5.41) is 15.8. The Balaban J connectivity index is 1.41. The van der Waals surface area contributed by atoms with Gasteiger partial charge < -0.3 is 25.3 Å². The van der Waals surface area contributed by atoms with E-state index >= 15 is 0 Å². The highest BCUT2D eigenvalue weighted by molar-refractivity contribution is 6.20. The second-order valence-corrected chi connectivity index (χ2v) is 10.4. The van der Waals surface area contributed by atoms with Crippen molar-refractivity contribution < 1.29 is 14.3 Å². The molecule has 0 atom stereocenters. The molecule has 40 heavy (non-hydrogen) atoms. The normalized spacial score (nSPS) is 13.6. The van der Waals surface area contributed by atoms with Crippen LogP contribution in [0.1, 0.15) is 40.5 Å². The number of carbonyl (C=O) groups excluding carboxylic acids is 2. The molecule has 9 nitrogen and oxygen atoms in total.